The number of likely N-dealkylation sites (N-methyl/N-ethyl adjacent to an activating group) is 1. The molecule has 2 fully saturated rings. The van der Waals surface area contributed by atoms with Gasteiger partial charge in [0.15, 0.2) is 17.5 Å². The molecule has 5 nitrogen and oxygen atoms in total. The van der Waals surface area contributed by atoms with Gasteiger partial charge in [-0.15, -0.1) is 24.0 Å². The highest BCUT2D eigenvalue weighted by Gasteiger charge is 2.59. The number of nitrogens with one attached hydrogen (secondary N) is 1. The van der Waals surface area contributed by atoms with E-state index in [9.17, 15) is 4.39 Å². The van der Waals surface area contributed by atoms with Crippen LogP contribution in [0.15, 0.2) is 29.3 Å². The molecule has 27 heavy (non-hydrogen) atoms. The summed E-state index contributed by atoms with van der Waals surface area (Å²) >= 11 is 0. The van der Waals surface area contributed by atoms with Gasteiger partial charge in [-0.25, -0.2) is 4.39 Å². The summed E-state index contributed by atoms with van der Waals surface area (Å²) in [6.07, 6.45) is 1.45. The van der Waals surface area contributed by atoms with Crippen LogP contribution in [0.3, 0.4) is 0 Å². The molecule has 1 aliphatic heterocycles. The summed E-state index contributed by atoms with van der Waals surface area (Å²) in [4.78, 5) is 6.68. The van der Waals surface area contributed by atoms with Crippen molar-refractivity contribution in [2.24, 2.45) is 16.3 Å². The molecule has 1 aliphatic carbocycles. The largest absolute Gasteiger partial charge is 0.489 e. The summed E-state index contributed by atoms with van der Waals surface area (Å²) in [6.45, 7) is 9.11. The van der Waals surface area contributed by atoms with E-state index in [4.69, 9.17) is 9.47 Å². The number of aliphatic imine (C=N–C) groups is 1. The van der Waals surface area contributed by atoms with Crippen molar-refractivity contribution in [2.45, 2.75) is 39.3 Å². The van der Waals surface area contributed by atoms with Crippen molar-refractivity contribution in [3.8, 4) is 5.75 Å². The molecule has 1 aromatic carbocycles. The van der Waals surface area contributed by atoms with E-state index >= 15 is 0 Å². The minimum atomic E-state index is -0.334. The van der Waals surface area contributed by atoms with Crippen molar-refractivity contribution < 1.29 is 13.9 Å². The number of fused-ring (bicyclic) bond motifs is 1. The van der Waals surface area contributed by atoms with E-state index in [0.717, 1.165) is 19.0 Å². The van der Waals surface area contributed by atoms with E-state index in [0.29, 0.717) is 37.8 Å². The molecule has 3 rings (SSSR count). The van der Waals surface area contributed by atoms with Crippen LogP contribution in [0.1, 0.15) is 27.2 Å². The predicted molar refractivity (Wildman–Crippen MR) is 116 cm³/mol. The van der Waals surface area contributed by atoms with E-state index in [1.807, 2.05) is 18.9 Å². The van der Waals surface area contributed by atoms with Crippen molar-refractivity contribution in [1.29, 1.82) is 0 Å². The summed E-state index contributed by atoms with van der Waals surface area (Å²) in [6, 6.07) is 6.83. The molecule has 1 aromatic rings. The molecule has 0 aromatic heterocycles. The van der Waals surface area contributed by atoms with E-state index in [2.05, 4.69) is 24.2 Å². The first-order valence-electron chi connectivity index (χ1n) is 9.46. The first kappa shape index (κ1) is 22.2. The Morgan fingerprint density at radius 3 is 2.85 bits per heavy atom. The number of ether oxygens (including phenoxy) is 2. The van der Waals surface area contributed by atoms with Crippen LogP contribution in [0.2, 0.25) is 0 Å². The van der Waals surface area contributed by atoms with Gasteiger partial charge >= 0.3 is 0 Å². The number of rotatable bonds is 6. The summed E-state index contributed by atoms with van der Waals surface area (Å²) in [5, 5.41) is 3.64. The maximum Gasteiger partial charge on any atom is 0.194 e. The monoisotopic (exact) mass is 491 g/mol. The van der Waals surface area contributed by atoms with E-state index in [-0.39, 0.29) is 41.0 Å². The highest BCUT2D eigenvalue weighted by Crippen LogP contribution is 2.52. The number of halogens is 2. The molecule has 7 heteroatoms. The van der Waals surface area contributed by atoms with Crippen LogP contribution in [0, 0.1) is 17.2 Å². The molecule has 3 atom stereocenters. The smallest absolute Gasteiger partial charge is 0.194 e. The molecule has 0 amide bonds. The Labute approximate surface area is 178 Å². The van der Waals surface area contributed by atoms with Crippen LogP contribution in [-0.4, -0.2) is 56.4 Å². The number of nitrogens with zero attached hydrogens (tertiary/aromatic N) is 2. The van der Waals surface area contributed by atoms with E-state index in [1.54, 1.807) is 18.2 Å². The van der Waals surface area contributed by atoms with Crippen molar-refractivity contribution in [3.05, 3.63) is 30.1 Å². The molecule has 3 unspecified atom stereocenters. The number of hydrogen-bond acceptors (Lipinski definition) is 3. The minimum Gasteiger partial charge on any atom is -0.489 e. The van der Waals surface area contributed by atoms with Gasteiger partial charge in [-0.1, -0.05) is 26.0 Å². The first-order chi connectivity index (χ1) is 12.4. The van der Waals surface area contributed by atoms with Crippen LogP contribution in [0.4, 0.5) is 4.39 Å². The molecular formula is C20H31FIN3O2. The van der Waals surface area contributed by atoms with Crippen molar-refractivity contribution in [2.75, 3.05) is 33.4 Å². The lowest BCUT2D eigenvalue weighted by Gasteiger charge is -2.55. The molecular weight excluding hydrogens is 460 g/mol. The number of para-hydroxylation sites is 1. The Hall–Kier alpha value is -1.09. The summed E-state index contributed by atoms with van der Waals surface area (Å²) < 4.78 is 25.1. The second-order valence-corrected chi connectivity index (χ2v) is 7.69. The number of benzene rings is 1. The SMILES string of the molecule is CCN=C(NC1C2CCOC2C1(C)C)N(C)CCOc1ccccc1F.I. The highest BCUT2D eigenvalue weighted by atomic mass is 127. The first-order valence-corrected chi connectivity index (χ1v) is 9.46. The fraction of sp³-hybridized carbons (Fsp3) is 0.650. The molecule has 1 heterocycles. The van der Waals surface area contributed by atoms with Crippen LogP contribution in [0.5, 0.6) is 5.75 Å². The van der Waals surface area contributed by atoms with Gasteiger partial charge in [0.25, 0.3) is 0 Å². The Kier molecular flexibility index (Phi) is 7.73. The fourth-order valence-electron chi connectivity index (χ4n) is 4.14. The van der Waals surface area contributed by atoms with Crippen molar-refractivity contribution in [1.82, 2.24) is 10.2 Å². The summed E-state index contributed by atoms with van der Waals surface area (Å²) in [5.74, 6) is 1.37. The topological polar surface area (TPSA) is 46.1 Å². The minimum absolute atomic E-state index is 0. The third-order valence-corrected chi connectivity index (χ3v) is 5.58. The third kappa shape index (κ3) is 4.67. The molecule has 152 valence electrons. The van der Waals surface area contributed by atoms with Gasteiger partial charge in [-0.2, -0.15) is 0 Å². The Balaban J connectivity index is 0.00000261. The molecule has 2 aliphatic rings. The van der Waals surface area contributed by atoms with Gasteiger partial charge in [0, 0.05) is 37.6 Å². The predicted octanol–water partition coefficient (Wildman–Crippen LogP) is 3.53. The lowest BCUT2D eigenvalue weighted by Crippen LogP contribution is -2.68. The zero-order chi connectivity index (χ0) is 18.7. The van der Waals surface area contributed by atoms with Gasteiger partial charge in [0.1, 0.15) is 6.61 Å². The standard InChI is InChI=1S/C20H30FN3O2.HI/c1-5-22-19(23-17-14-10-12-26-18(14)20(17,2)3)24(4)11-13-25-16-9-7-6-8-15(16)21;/h6-9,14,17-18H,5,10-13H2,1-4H3,(H,22,23);1H. The molecule has 0 spiro atoms. The quantitative estimate of drug-likeness (QED) is 0.376. The Bertz CT molecular complexity index is 656. The molecule has 1 saturated heterocycles. The fourth-order valence-corrected chi connectivity index (χ4v) is 4.14. The Morgan fingerprint density at radius 1 is 1.41 bits per heavy atom. The average Bonchev–Trinajstić information content (AvgIpc) is 3.07. The van der Waals surface area contributed by atoms with Gasteiger partial charge in [0.2, 0.25) is 0 Å². The van der Waals surface area contributed by atoms with Crippen LogP contribution in [0.25, 0.3) is 0 Å². The molecule has 1 N–H and O–H groups in total. The van der Waals surface area contributed by atoms with E-state index in [1.165, 1.54) is 6.07 Å². The van der Waals surface area contributed by atoms with Crippen molar-refractivity contribution >= 4 is 29.9 Å². The van der Waals surface area contributed by atoms with Crippen LogP contribution >= 0.6 is 24.0 Å². The highest BCUT2D eigenvalue weighted by molar-refractivity contribution is 14.0. The molecule has 0 bridgehead atoms. The molecule has 0 radical (unpaired) electrons. The second kappa shape index (κ2) is 9.41. The van der Waals surface area contributed by atoms with Gasteiger partial charge < -0.3 is 19.7 Å². The lowest BCUT2D eigenvalue weighted by molar-refractivity contribution is -0.107. The van der Waals surface area contributed by atoms with Gasteiger partial charge in [-0.05, 0) is 25.5 Å². The lowest BCUT2D eigenvalue weighted by atomic mass is 9.57. The Morgan fingerprint density at radius 2 is 2.15 bits per heavy atom. The zero-order valence-corrected chi connectivity index (χ0v) is 18.9. The molecule has 1 saturated carbocycles. The normalized spacial score (nSPS) is 25.8. The van der Waals surface area contributed by atoms with Crippen molar-refractivity contribution in [3.63, 3.8) is 0 Å². The summed E-state index contributed by atoms with van der Waals surface area (Å²) in [7, 11) is 1.99. The van der Waals surface area contributed by atoms with Gasteiger partial charge in [-0.3, -0.25) is 4.99 Å². The van der Waals surface area contributed by atoms with Crippen LogP contribution in [-0.2, 0) is 4.74 Å². The number of guanidine groups is 1. The number of hydrogen-bond donors (Lipinski definition) is 1. The average molecular weight is 491 g/mol. The second-order valence-electron chi connectivity index (χ2n) is 7.69. The maximum atomic E-state index is 13.6. The zero-order valence-electron chi connectivity index (χ0n) is 16.6. The van der Waals surface area contributed by atoms with Crippen LogP contribution < -0.4 is 10.1 Å². The maximum absolute atomic E-state index is 13.6. The summed E-state index contributed by atoms with van der Waals surface area (Å²) in [5.41, 5.74) is 0.0974. The van der Waals surface area contributed by atoms with E-state index < -0.39 is 0 Å². The van der Waals surface area contributed by atoms with Gasteiger partial charge in [0.05, 0.1) is 12.6 Å². The third-order valence-electron chi connectivity index (χ3n) is 5.58.